The van der Waals surface area contributed by atoms with E-state index in [4.69, 9.17) is 0 Å². The lowest BCUT2D eigenvalue weighted by molar-refractivity contribution is -0.137. The predicted octanol–water partition coefficient (Wildman–Crippen LogP) is 6.40. The number of hydrogen-bond acceptors (Lipinski definition) is 4. The van der Waals surface area contributed by atoms with Crippen LogP contribution in [0.15, 0.2) is 59.2 Å². The van der Waals surface area contributed by atoms with E-state index in [9.17, 15) is 13.2 Å². The van der Waals surface area contributed by atoms with Crippen LogP contribution in [-0.4, -0.2) is 24.1 Å². The minimum Gasteiger partial charge on any atom is -0.329 e. The molecule has 0 unspecified atom stereocenters. The van der Waals surface area contributed by atoms with Crippen LogP contribution in [0.5, 0.6) is 0 Å². The fraction of sp³-hybridized carbons (Fsp3) is 0.158. The van der Waals surface area contributed by atoms with E-state index in [2.05, 4.69) is 48.5 Å². The summed E-state index contributed by atoms with van der Waals surface area (Å²) in [7, 11) is 3.27. The lowest BCUT2D eigenvalue weighted by atomic mass is 10.2. The van der Waals surface area contributed by atoms with Gasteiger partial charge in [0.1, 0.15) is 5.56 Å². The fourth-order valence-corrected chi connectivity index (χ4v) is 3.17. The molecule has 0 bridgehead atoms. The molecular formula is C19H15BrF3IN4. The second kappa shape index (κ2) is 8.24. The number of hydrogen-bond donors (Lipinski definition) is 0. The summed E-state index contributed by atoms with van der Waals surface area (Å²) in [6.45, 7) is 0. The zero-order valence-electron chi connectivity index (χ0n) is 14.9. The van der Waals surface area contributed by atoms with Crippen LogP contribution in [0.4, 0.5) is 36.3 Å². The van der Waals surface area contributed by atoms with Crippen LogP contribution in [-0.2, 0) is 6.18 Å². The smallest absolute Gasteiger partial charge is 0.329 e. The average molecular weight is 563 g/mol. The lowest BCUT2D eigenvalue weighted by Gasteiger charge is -2.25. The van der Waals surface area contributed by atoms with Gasteiger partial charge < -0.3 is 9.80 Å². The summed E-state index contributed by atoms with van der Waals surface area (Å²) >= 11 is 5.50. The van der Waals surface area contributed by atoms with Gasteiger partial charge in [-0.15, -0.1) is 0 Å². The van der Waals surface area contributed by atoms with E-state index >= 15 is 0 Å². The maximum atomic E-state index is 13.6. The molecule has 0 N–H and O–H groups in total. The van der Waals surface area contributed by atoms with Crippen LogP contribution >= 0.6 is 38.5 Å². The molecule has 0 atom stereocenters. The highest BCUT2D eigenvalue weighted by Crippen LogP contribution is 2.38. The van der Waals surface area contributed by atoms with Crippen LogP contribution in [0, 0.1) is 3.57 Å². The molecule has 0 aliphatic carbocycles. The van der Waals surface area contributed by atoms with Gasteiger partial charge in [0, 0.05) is 39.7 Å². The molecule has 0 amide bonds. The maximum absolute atomic E-state index is 13.6. The lowest BCUT2D eigenvalue weighted by Crippen LogP contribution is -2.21. The maximum Gasteiger partial charge on any atom is 0.421 e. The summed E-state index contributed by atoms with van der Waals surface area (Å²) < 4.78 is 42.6. The number of rotatable bonds is 4. The molecule has 3 aromatic rings. The number of anilines is 4. The van der Waals surface area contributed by atoms with E-state index in [1.54, 1.807) is 31.1 Å². The van der Waals surface area contributed by atoms with Crippen LogP contribution in [0.1, 0.15) is 5.56 Å². The highest BCUT2D eigenvalue weighted by molar-refractivity contribution is 14.1. The fourth-order valence-electron chi connectivity index (χ4n) is 2.55. The van der Waals surface area contributed by atoms with Crippen molar-refractivity contribution in [3.63, 3.8) is 0 Å². The van der Waals surface area contributed by atoms with Gasteiger partial charge >= 0.3 is 6.18 Å². The largest absolute Gasteiger partial charge is 0.421 e. The van der Waals surface area contributed by atoms with E-state index in [0.29, 0.717) is 5.69 Å². The Bertz CT molecular complexity index is 962. The van der Waals surface area contributed by atoms with Crippen molar-refractivity contribution >= 4 is 61.7 Å². The Morgan fingerprint density at radius 2 is 1.43 bits per heavy atom. The summed E-state index contributed by atoms with van der Waals surface area (Å²) in [5.74, 6) is -0.0367. The summed E-state index contributed by atoms with van der Waals surface area (Å²) in [4.78, 5) is 11.2. The summed E-state index contributed by atoms with van der Waals surface area (Å²) in [5, 5.41) is 0. The third-order valence-electron chi connectivity index (χ3n) is 4.11. The summed E-state index contributed by atoms with van der Waals surface area (Å²) in [6, 6.07) is 14.5. The van der Waals surface area contributed by atoms with E-state index in [-0.39, 0.29) is 11.8 Å². The normalized spacial score (nSPS) is 11.4. The molecule has 2 aromatic carbocycles. The molecule has 0 radical (unpaired) electrons. The molecule has 0 saturated heterocycles. The Kier molecular flexibility index (Phi) is 6.13. The molecule has 0 aliphatic heterocycles. The van der Waals surface area contributed by atoms with Gasteiger partial charge in [-0.1, -0.05) is 15.9 Å². The van der Waals surface area contributed by atoms with Gasteiger partial charge in [0.25, 0.3) is 0 Å². The molecule has 3 rings (SSSR count). The number of aromatic nitrogens is 2. The highest BCUT2D eigenvalue weighted by Gasteiger charge is 2.37. The number of nitrogens with zero attached hydrogens (tertiary/aromatic N) is 4. The first-order chi connectivity index (χ1) is 13.2. The van der Waals surface area contributed by atoms with E-state index in [0.717, 1.165) is 19.9 Å². The molecule has 0 aliphatic rings. The molecule has 146 valence electrons. The second-order valence-corrected chi connectivity index (χ2v) is 8.14. The molecule has 1 aromatic heterocycles. The third-order valence-corrected chi connectivity index (χ3v) is 5.35. The molecule has 0 fully saturated rings. The first kappa shape index (κ1) is 20.8. The van der Waals surface area contributed by atoms with Gasteiger partial charge in [-0.25, -0.2) is 4.98 Å². The van der Waals surface area contributed by atoms with Crippen molar-refractivity contribution in [2.24, 2.45) is 0 Å². The molecular weight excluding hydrogens is 548 g/mol. The molecule has 9 heteroatoms. The molecule has 0 spiro atoms. The van der Waals surface area contributed by atoms with Crippen molar-refractivity contribution in [1.29, 1.82) is 0 Å². The zero-order valence-corrected chi connectivity index (χ0v) is 18.6. The van der Waals surface area contributed by atoms with Crippen molar-refractivity contribution < 1.29 is 13.2 Å². The minimum absolute atomic E-state index is 0.169. The number of halogens is 5. The summed E-state index contributed by atoms with van der Waals surface area (Å²) in [5.41, 5.74) is 0.467. The molecule has 1 heterocycles. The average Bonchev–Trinajstić information content (AvgIpc) is 2.67. The van der Waals surface area contributed by atoms with E-state index < -0.39 is 11.7 Å². The Morgan fingerprint density at radius 3 is 2.00 bits per heavy atom. The van der Waals surface area contributed by atoms with Gasteiger partial charge in [0.05, 0.1) is 0 Å². The highest BCUT2D eigenvalue weighted by atomic mass is 127. The van der Waals surface area contributed by atoms with Crippen LogP contribution in [0.3, 0.4) is 0 Å². The Balaban J connectivity index is 2.06. The topological polar surface area (TPSA) is 32.3 Å². The first-order valence-electron chi connectivity index (χ1n) is 8.09. The standard InChI is InChI=1S/C19H15BrF3IN4/c1-27(14-9-5-13(24)6-10-14)17-16(19(21,22)23)11-25-18(26-17)28(2)15-7-3-12(20)4-8-15/h3-11H,1-2H3. The van der Waals surface area contributed by atoms with Gasteiger partial charge in [-0.2, -0.15) is 18.2 Å². The third kappa shape index (κ3) is 4.57. The number of alkyl halides is 3. The van der Waals surface area contributed by atoms with Gasteiger partial charge in [-0.05, 0) is 71.1 Å². The van der Waals surface area contributed by atoms with Crippen LogP contribution in [0.25, 0.3) is 0 Å². The molecule has 0 saturated carbocycles. The summed E-state index contributed by atoms with van der Waals surface area (Å²) in [6.07, 6.45) is -3.74. The molecule has 28 heavy (non-hydrogen) atoms. The monoisotopic (exact) mass is 562 g/mol. The minimum atomic E-state index is -4.57. The Labute approximate surface area is 182 Å². The first-order valence-corrected chi connectivity index (χ1v) is 9.97. The van der Waals surface area contributed by atoms with Crippen molar-refractivity contribution in [2.75, 3.05) is 23.9 Å². The zero-order chi connectivity index (χ0) is 20.5. The van der Waals surface area contributed by atoms with E-state index in [1.165, 1.54) is 4.90 Å². The van der Waals surface area contributed by atoms with Crippen LogP contribution in [0.2, 0.25) is 0 Å². The van der Waals surface area contributed by atoms with Crippen molar-refractivity contribution in [3.8, 4) is 0 Å². The van der Waals surface area contributed by atoms with Gasteiger partial charge in [-0.3, -0.25) is 0 Å². The Morgan fingerprint density at radius 1 is 0.893 bits per heavy atom. The molecule has 4 nitrogen and oxygen atoms in total. The predicted molar refractivity (Wildman–Crippen MR) is 116 cm³/mol. The number of benzene rings is 2. The van der Waals surface area contributed by atoms with Gasteiger partial charge in [0.15, 0.2) is 5.82 Å². The van der Waals surface area contributed by atoms with Crippen LogP contribution < -0.4 is 9.80 Å². The van der Waals surface area contributed by atoms with Crippen molar-refractivity contribution in [1.82, 2.24) is 9.97 Å². The second-order valence-electron chi connectivity index (χ2n) is 5.98. The van der Waals surface area contributed by atoms with E-state index in [1.807, 2.05) is 36.4 Å². The van der Waals surface area contributed by atoms with Crippen molar-refractivity contribution in [3.05, 3.63) is 68.3 Å². The van der Waals surface area contributed by atoms with Crippen molar-refractivity contribution in [2.45, 2.75) is 6.18 Å². The quantitative estimate of drug-likeness (QED) is 0.345. The Hall–Kier alpha value is -1.88. The SMILES string of the molecule is CN(c1ccc(Br)cc1)c1ncc(C(F)(F)F)c(N(C)c2ccc(I)cc2)n1. The van der Waals surface area contributed by atoms with Gasteiger partial charge in [0.2, 0.25) is 5.95 Å².